The predicted molar refractivity (Wildman–Crippen MR) is 131 cm³/mol. The fourth-order valence-corrected chi connectivity index (χ4v) is 4.51. The molecule has 1 amide bonds. The molecule has 0 aliphatic carbocycles. The Morgan fingerprint density at radius 2 is 1.82 bits per heavy atom. The molecule has 0 radical (unpaired) electrons. The number of hydrogen-bond acceptors (Lipinski definition) is 4. The van der Waals surface area contributed by atoms with Gasteiger partial charge in [-0.05, 0) is 55.5 Å². The van der Waals surface area contributed by atoms with Gasteiger partial charge in [0, 0.05) is 50.9 Å². The molecule has 0 saturated carbocycles. The molecule has 0 aliphatic rings. The molecule has 0 saturated heterocycles. The van der Waals surface area contributed by atoms with Crippen molar-refractivity contribution in [3.63, 3.8) is 0 Å². The second kappa shape index (κ2) is 7.38. The van der Waals surface area contributed by atoms with Crippen LogP contribution in [-0.4, -0.2) is 22.6 Å². The Morgan fingerprint density at radius 1 is 0.970 bits per heavy atom. The summed E-state index contributed by atoms with van der Waals surface area (Å²) >= 11 is 0. The van der Waals surface area contributed by atoms with Crippen molar-refractivity contribution < 1.29 is 13.9 Å². The number of benzene rings is 3. The number of amides is 1. The molecule has 3 aromatic heterocycles. The molecule has 6 aromatic rings. The Labute approximate surface area is 189 Å². The lowest BCUT2D eigenvalue weighted by Gasteiger charge is -2.05. The van der Waals surface area contributed by atoms with Crippen LogP contribution >= 0.6 is 0 Å². The smallest absolute Gasteiger partial charge is 0.291 e. The summed E-state index contributed by atoms with van der Waals surface area (Å²) in [5, 5.41) is 6.98. The van der Waals surface area contributed by atoms with Crippen molar-refractivity contribution in [2.24, 2.45) is 0 Å². The SMILES string of the molecule is CCn1c2ccccc2c2cc(NC(=O)c3cc4cc5ccc(OC)cc5nc4o3)ccc21. The number of furan rings is 1. The number of carbonyl (C=O) groups excluding carboxylic acids is 1. The van der Waals surface area contributed by atoms with Crippen molar-refractivity contribution in [3.05, 3.63) is 78.6 Å². The molecule has 6 rings (SSSR count). The number of fused-ring (bicyclic) bond motifs is 5. The van der Waals surface area contributed by atoms with Gasteiger partial charge in [0.2, 0.25) is 5.71 Å². The minimum atomic E-state index is -0.312. The van der Waals surface area contributed by atoms with E-state index in [-0.39, 0.29) is 11.7 Å². The molecule has 0 fully saturated rings. The van der Waals surface area contributed by atoms with Gasteiger partial charge < -0.3 is 19.0 Å². The molecule has 0 unspecified atom stereocenters. The first kappa shape index (κ1) is 19.4. The van der Waals surface area contributed by atoms with Crippen LogP contribution in [0.4, 0.5) is 5.69 Å². The highest BCUT2D eigenvalue weighted by Gasteiger charge is 2.16. The van der Waals surface area contributed by atoms with Gasteiger partial charge in [0.05, 0.1) is 12.6 Å². The predicted octanol–water partition coefficient (Wildman–Crippen LogP) is 6.37. The van der Waals surface area contributed by atoms with Gasteiger partial charge >= 0.3 is 0 Å². The number of anilines is 1. The molecule has 1 N–H and O–H groups in total. The van der Waals surface area contributed by atoms with Crippen LogP contribution in [0, 0.1) is 0 Å². The van der Waals surface area contributed by atoms with Gasteiger partial charge in [-0.1, -0.05) is 18.2 Å². The highest BCUT2D eigenvalue weighted by molar-refractivity contribution is 6.11. The van der Waals surface area contributed by atoms with E-state index in [0.29, 0.717) is 5.71 Å². The largest absolute Gasteiger partial charge is 0.497 e. The van der Waals surface area contributed by atoms with Crippen LogP contribution in [0.1, 0.15) is 17.5 Å². The molecular weight excluding hydrogens is 414 g/mol. The minimum absolute atomic E-state index is 0.218. The van der Waals surface area contributed by atoms with Gasteiger partial charge in [-0.3, -0.25) is 4.79 Å². The summed E-state index contributed by atoms with van der Waals surface area (Å²) in [5.41, 5.74) is 4.22. The van der Waals surface area contributed by atoms with Gasteiger partial charge in [-0.2, -0.15) is 0 Å². The van der Waals surface area contributed by atoms with Crippen LogP contribution in [0.15, 0.2) is 77.2 Å². The molecular formula is C27H21N3O3. The topological polar surface area (TPSA) is 69.3 Å². The first-order chi connectivity index (χ1) is 16.1. The minimum Gasteiger partial charge on any atom is -0.497 e. The molecule has 3 heterocycles. The zero-order chi connectivity index (χ0) is 22.5. The lowest BCUT2D eigenvalue weighted by molar-refractivity contribution is 0.0998. The number of hydrogen-bond donors (Lipinski definition) is 1. The molecule has 162 valence electrons. The fraction of sp³-hybridized carbons (Fsp3) is 0.111. The number of para-hydroxylation sites is 1. The Hall–Kier alpha value is -4.32. The van der Waals surface area contributed by atoms with Crippen LogP contribution in [0.5, 0.6) is 5.75 Å². The van der Waals surface area contributed by atoms with Crippen molar-refractivity contribution in [1.82, 2.24) is 9.55 Å². The number of ether oxygens (including phenoxy) is 1. The zero-order valence-electron chi connectivity index (χ0n) is 18.3. The molecule has 0 spiro atoms. The summed E-state index contributed by atoms with van der Waals surface area (Å²) in [6.45, 7) is 3.01. The quantitative estimate of drug-likeness (QED) is 0.349. The van der Waals surface area contributed by atoms with Gasteiger partial charge in [0.25, 0.3) is 5.91 Å². The van der Waals surface area contributed by atoms with Crippen molar-refractivity contribution in [3.8, 4) is 5.75 Å². The third kappa shape index (κ3) is 3.10. The maximum atomic E-state index is 13.0. The highest BCUT2D eigenvalue weighted by Crippen LogP contribution is 2.31. The maximum Gasteiger partial charge on any atom is 0.291 e. The molecule has 0 bridgehead atoms. The van der Waals surface area contributed by atoms with E-state index in [1.807, 2.05) is 48.5 Å². The first-order valence-electron chi connectivity index (χ1n) is 10.9. The lowest BCUT2D eigenvalue weighted by atomic mass is 10.1. The Morgan fingerprint density at radius 3 is 2.67 bits per heavy atom. The van der Waals surface area contributed by atoms with Crippen LogP contribution in [0.25, 0.3) is 43.8 Å². The summed E-state index contributed by atoms with van der Waals surface area (Å²) in [4.78, 5) is 17.5. The van der Waals surface area contributed by atoms with Gasteiger partial charge in [-0.15, -0.1) is 0 Å². The third-order valence-electron chi connectivity index (χ3n) is 6.08. The summed E-state index contributed by atoms with van der Waals surface area (Å²) in [7, 11) is 1.62. The van der Waals surface area contributed by atoms with Gasteiger partial charge in [0.15, 0.2) is 5.76 Å². The summed E-state index contributed by atoms with van der Waals surface area (Å²) < 4.78 is 13.3. The first-order valence-corrected chi connectivity index (χ1v) is 10.9. The second-order valence-corrected chi connectivity index (χ2v) is 8.00. The number of aromatic nitrogens is 2. The van der Waals surface area contributed by atoms with E-state index < -0.39 is 0 Å². The lowest BCUT2D eigenvalue weighted by Crippen LogP contribution is -2.10. The van der Waals surface area contributed by atoms with Crippen molar-refractivity contribution in [2.75, 3.05) is 12.4 Å². The standard InChI is InChI=1S/C27H21N3O3/c1-3-30-23-7-5-4-6-20(23)21-14-18(9-11-24(21)30)28-26(31)25-13-17-12-16-8-10-19(32-2)15-22(16)29-27(17)33-25/h4-15H,3H2,1-2H3,(H,28,31). The molecule has 0 atom stereocenters. The van der Waals surface area contributed by atoms with Crippen LogP contribution in [-0.2, 0) is 6.54 Å². The molecule has 6 heteroatoms. The fourth-order valence-electron chi connectivity index (χ4n) is 4.51. The number of pyridine rings is 1. The molecule has 6 nitrogen and oxygen atoms in total. The number of methoxy groups -OCH3 is 1. The van der Waals surface area contributed by atoms with Crippen LogP contribution in [0.2, 0.25) is 0 Å². The van der Waals surface area contributed by atoms with E-state index in [9.17, 15) is 4.79 Å². The third-order valence-corrected chi connectivity index (χ3v) is 6.08. The van der Waals surface area contributed by atoms with E-state index in [2.05, 4.69) is 40.0 Å². The Balaban J connectivity index is 1.36. The monoisotopic (exact) mass is 435 g/mol. The second-order valence-electron chi connectivity index (χ2n) is 8.00. The molecule has 33 heavy (non-hydrogen) atoms. The van der Waals surface area contributed by atoms with E-state index in [1.54, 1.807) is 13.2 Å². The average molecular weight is 435 g/mol. The van der Waals surface area contributed by atoms with E-state index >= 15 is 0 Å². The van der Waals surface area contributed by atoms with Gasteiger partial charge in [-0.25, -0.2) is 4.98 Å². The van der Waals surface area contributed by atoms with Crippen molar-refractivity contribution >= 4 is 55.4 Å². The number of rotatable bonds is 4. The zero-order valence-corrected chi connectivity index (χ0v) is 18.3. The van der Waals surface area contributed by atoms with Crippen molar-refractivity contribution in [1.29, 1.82) is 0 Å². The maximum absolute atomic E-state index is 13.0. The van der Waals surface area contributed by atoms with Crippen LogP contribution < -0.4 is 10.1 Å². The number of nitrogens with zero attached hydrogens (tertiary/aromatic N) is 2. The number of nitrogens with one attached hydrogen (secondary N) is 1. The normalized spacial score (nSPS) is 11.6. The average Bonchev–Trinajstić information content (AvgIpc) is 3.40. The molecule has 0 aliphatic heterocycles. The highest BCUT2D eigenvalue weighted by atomic mass is 16.5. The molecule has 3 aromatic carbocycles. The summed E-state index contributed by atoms with van der Waals surface area (Å²) in [6, 6.07) is 23.7. The van der Waals surface area contributed by atoms with E-state index in [1.165, 1.54) is 10.9 Å². The van der Waals surface area contributed by atoms with Crippen LogP contribution in [0.3, 0.4) is 0 Å². The van der Waals surface area contributed by atoms with E-state index in [0.717, 1.165) is 45.2 Å². The van der Waals surface area contributed by atoms with Crippen molar-refractivity contribution in [2.45, 2.75) is 13.5 Å². The number of carbonyl (C=O) groups is 1. The Bertz CT molecular complexity index is 1690. The summed E-state index contributed by atoms with van der Waals surface area (Å²) in [5.74, 6) is 0.628. The van der Waals surface area contributed by atoms with E-state index in [4.69, 9.17) is 9.15 Å². The number of aryl methyl sites for hydroxylation is 1. The summed E-state index contributed by atoms with van der Waals surface area (Å²) in [6.07, 6.45) is 0. The van der Waals surface area contributed by atoms with Gasteiger partial charge in [0.1, 0.15) is 5.75 Å². The Kier molecular flexibility index (Phi) is 4.33.